The molecular weight excluding hydrogens is 316 g/mol. The number of amides is 4. The summed E-state index contributed by atoms with van der Waals surface area (Å²) in [5.41, 5.74) is -0.631. The van der Waals surface area contributed by atoms with Gasteiger partial charge in [-0.1, -0.05) is 58.9 Å². The van der Waals surface area contributed by atoms with Crippen molar-refractivity contribution in [2.75, 3.05) is 0 Å². The zero-order valence-electron chi connectivity index (χ0n) is 14.7. The molecule has 0 radical (unpaired) electrons. The number of nitrogens with zero attached hydrogens (tertiary/aromatic N) is 2. The van der Waals surface area contributed by atoms with E-state index >= 15 is 0 Å². The van der Waals surface area contributed by atoms with Crippen molar-refractivity contribution < 1.29 is 14.4 Å². The van der Waals surface area contributed by atoms with Crippen LogP contribution in [-0.4, -0.2) is 51.5 Å². The molecule has 0 aromatic carbocycles. The maximum Gasteiger partial charge on any atom is 0.317 e. The lowest BCUT2D eigenvalue weighted by atomic mass is 10.3. The molecule has 8 heteroatoms. The lowest BCUT2D eigenvalue weighted by molar-refractivity contribution is -0.137. The SMILES string of the molecule is C[Si](C)(C)C1C(=O)N([Si](C)(C)C)C(=O)N([Si](C)(C)C)C1=O. The van der Waals surface area contributed by atoms with E-state index in [4.69, 9.17) is 0 Å². The van der Waals surface area contributed by atoms with Crippen LogP contribution in [0.3, 0.4) is 0 Å². The lowest BCUT2D eigenvalue weighted by Gasteiger charge is -2.49. The summed E-state index contributed by atoms with van der Waals surface area (Å²) in [7, 11) is -6.38. The fourth-order valence-electron chi connectivity index (χ4n) is 2.63. The minimum absolute atomic E-state index is 0.252. The topological polar surface area (TPSA) is 57.7 Å². The summed E-state index contributed by atoms with van der Waals surface area (Å²) in [5.74, 6) is -0.504. The predicted molar refractivity (Wildman–Crippen MR) is 92.9 cm³/mol. The summed E-state index contributed by atoms with van der Waals surface area (Å²) in [4.78, 5) is 38.5. The second kappa shape index (κ2) is 5.17. The van der Waals surface area contributed by atoms with E-state index < -0.39 is 30.1 Å². The number of carbonyl (C=O) groups excluding carboxylic acids is 3. The van der Waals surface area contributed by atoms with Crippen LogP contribution < -0.4 is 0 Å². The van der Waals surface area contributed by atoms with Crippen molar-refractivity contribution in [3.8, 4) is 0 Å². The van der Waals surface area contributed by atoms with Gasteiger partial charge in [0.25, 0.3) is 0 Å². The van der Waals surface area contributed by atoms with Crippen LogP contribution in [0.5, 0.6) is 0 Å². The van der Waals surface area contributed by atoms with E-state index in [2.05, 4.69) is 0 Å². The number of carbonyl (C=O) groups is 3. The Balaban J connectivity index is 3.50. The number of hydrogen-bond acceptors (Lipinski definition) is 3. The van der Waals surface area contributed by atoms with Crippen molar-refractivity contribution in [2.45, 2.75) is 64.5 Å². The van der Waals surface area contributed by atoms with Gasteiger partial charge in [0.15, 0.2) is 16.5 Å². The third-order valence-corrected chi connectivity index (χ3v) is 9.26. The van der Waals surface area contributed by atoms with E-state index in [1.54, 1.807) is 0 Å². The molecule has 0 N–H and O–H groups in total. The van der Waals surface area contributed by atoms with Gasteiger partial charge >= 0.3 is 6.03 Å². The summed E-state index contributed by atoms with van der Waals surface area (Å²) in [5, 5.41) is 0. The lowest BCUT2D eigenvalue weighted by Crippen LogP contribution is -2.71. The first kappa shape index (κ1) is 18.3. The summed E-state index contributed by atoms with van der Waals surface area (Å²) in [6.07, 6.45) is 0. The van der Waals surface area contributed by atoms with Gasteiger partial charge in [-0.3, -0.25) is 18.7 Å². The molecule has 1 aliphatic rings. The Morgan fingerprint density at radius 2 is 0.952 bits per heavy atom. The van der Waals surface area contributed by atoms with Gasteiger partial charge in [0.1, 0.15) is 5.54 Å². The van der Waals surface area contributed by atoms with Gasteiger partial charge in [0, 0.05) is 0 Å². The van der Waals surface area contributed by atoms with Crippen LogP contribution in [0.4, 0.5) is 4.79 Å². The fraction of sp³-hybridized carbons (Fsp3) is 0.769. The van der Waals surface area contributed by atoms with Gasteiger partial charge in [-0.05, 0) is 0 Å². The quantitative estimate of drug-likeness (QED) is 0.584. The van der Waals surface area contributed by atoms with E-state index in [-0.39, 0.29) is 17.8 Å². The van der Waals surface area contributed by atoms with Gasteiger partial charge in [0.2, 0.25) is 11.8 Å². The fourth-order valence-corrected chi connectivity index (χ4v) is 7.65. The molecule has 21 heavy (non-hydrogen) atoms. The van der Waals surface area contributed by atoms with Gasteiger partial charge in [-0.15, -0.1) is 0 Å². The average Bonchev–Trinajstić information content (AvgIpc) is 2.07. The third kappa shape index (κ3) is 3.37. The van der Waals surface area contributed by atoms with E-state index in [9.17, 15) is 14.4 Å². The van der Waals surface area contributed by atoms with Gasteiger partial charge < -0.3 is 0 Å². The third-order valence-electron chi connectivity index (χ3n) is 3.52. The molecule has 0 unspecified atom stereocenters. The zero-order chi connectivity index (χ0) is 17.0. The van der Waals surface area contributed by atoms with E-state index in [0.29, 0.717) is 0 Å². The van der Waals surface area contributed by atoms with Crippen molar-refractivity contribution >= 4 is 42.4 Å². The predicted octanol–water partition coefficient (Wildman–Crippen LogP) is 3.16. The molecule has 1 saturated heterocycles. The van der Waals surface area contributed by atoms with Crippen LogP contribution in [0.1, 0.15) is 0 Å². The molecule has 1 heterocycles. The monoisotopic (exact) mass is 344 g/mol. The molecule has 0 aromatic rings. The minimum Gasteiger partial charge on any atom is -0.294 e. The Labute approximate surface area is 130 Å². The minimum atomic E-state index is -2.17. The normalized spacial score (nSPS) is 19.6. The van der Waals surface area contributed by atoms with Crippen molar-refractivity contribution in [3.05, 3.63) is 0 Å². The smallest absolute Gasteiger partial charge is 0.294 e. The maximum atomic E-state index is 12.9. The Kier molecular flexibility index (Phi) is 4.50. The maximum absolute atomic E-state index is 12.9. The van der Waals surface area contributed by atoms with Crippen molar-refractivity contribution in [3.63, 3.8) is 0 Å². The van der Waals surface area contributed by atoms with Crippen LogP contribution in [0.25, 0.3) is 0 Å². The molecule has 0 aromatic heterocycles. The number of imide groups is 2. The summed E-state index contributed by atoms with van der Waals surface area (Å²) >= 11 is 0. The first-order valence-corrected chi connectivity index (χ1v) is 17.8. The molecule has 5 nitrogen and oxygen atoms in total. The van der Waals surface area contributed by atoms with Crippen molar-refractivity contribution in [1.82, 2.24) is 9.13 Å². The van der Waals surface area contributed by atoms with E-state index in [0.717, 1.165) is 0 Å². The van der Waals surface area contributed by atoms with Crippen molar-refractivity contribution in [1.29, 1.82) is 0 Å². The van der Waals surface area contributed by atoms with Crippen LogP contribution >= 0.6 is 0 Å². The molecule has 0 saturated carbocycles. The van der Waals surface area contributed by atoms with E-state index in [1.807, 2.05) is 58.9 Å². The Hall–Kier alpha value is -0.739. The van der Waals surface area contributed by atoms with Crippen LogP contribution in [0, 0.1) is 0 Å². The van der Waals surface area contributed by atoms with Gasteiger partial charge in [0.05, 0.1) is 8.07 Å². The molecule has 120 valence electrons. The van der Waals surface area contributed by atoms with Crippen LogP contribution in [0.2, 0.25) is 64.5 Å². The highest BCUT2D eigenvalue weighted by Crippen LogP contribution is 2.35. The Morgan fingerprint density at radius 3 is 1.14 bits per heavy atom. The molecule has 1 rings (SSSR count). The average molecular weight is 345 g/mol. The summed E-state index contributed by atoms with van der Waals surface area (Å²) in [6, 6.07) is -0.377. The number of hydrogen-bond donors (Lipinski definition) is 0. The van der Waals surface area contributed by atoms with Gasteiger partial charge in [-0.25, -0.2) is 4.79 Å². The highest BCUT2D eigenvalue weighted by atomic mass is 28.3. The van der Waals surface area contributed by atoms with Crippen molar-refractivity contribution in [2.24, 2.45) is 0 Å². The second-order valence-electron chi connectivity index (χ2n) is 8.77. The highest BCUT2D eigenvalue weighted by molar-refractivity contribution is 6.89. The largest absolute Gasteiger partial charge is 0.317 e. The van der Waals surface area contributed by atoms with E-state index in [1.165, 1.54) is 9.13 Å². The van der Waals surface area contributed by atoms with Crippen LogP contribution in [0.15, 0.2) is 0 Å². The summed E-state index contributed by atoms with van der Waals surface area (Å²) < 4.78 is 2.88. The Morgan fingerprint density at radius 1 is 0.667 bits per heavy atom. The molecule has 0 bridgehead atoms. The molecule has 4 amide bonds. The molecule has 0 spiro atoms. The van der Waals surface area contributed by atoms with Gasteiger partial charge in [-0.2, -0.15) is 0 Å². The first-order valence-electron chi connectivity index (χ1n) is 7.32. The standard InChI is InChI=1S/C13H28N2O3Si3/c1-19(2,3)10-11(16)14(20(4,5)6)13(18)15(12(10)17)21(7,8)9/h10H,1-9H3. The Bertz CT molecular complexity index is 397. The highest BCUT2D eigenvalue weighted by Gasteiger charge is 2.56. The molecule has 1 fully saturated rings. The first-order chi connectivity index (χ1) is 9.10. The molecule has 1 aliphatic heterocycles. The number of urea groups is 1. The number of rotatable bonds is 3. The molecule has 0 atom stereocenters. The number of barbiturate groups is 1. The molecular formula is C13H28N2O3Si3. The summed E-state index contributed by atoms with van der Waals surface area (Å²) in [6.45, 7) is 17.9. The zero-order valence-corrected chi connectivity index (χ0v) is 17.7. The second-order valence-corrected chi connectivity index (χ2v) is 23.7. The molecule has 0 aliphatic carbocycles. The van der Waals surface area contributed by atoms with Crippen LogP contribution in [-0.2, 0) is 9.59 Å².